The van der Waals surface area contributed by atoms with Crippen LogP contribution in [0.25, 0.3) is 0 Å². The molecule has 0 N–H and O–H groups in total. The van der Waals surface area contributed by atoms with Crippen molar-refractivity contribution >= 4 is 35.1 Å². The van der Waals surface area contributed by atoms with Gasteiger partial charge in [-0.05, 0) is 36.5 Å². The summed E-state index contributed by atoms with van der Waals surface area (Å²) in [6, 6.07) is 0. The molecule has 0 saturated carbocycles. The normalized spacial score (nSPS) is 15.5. The molecule has 0 aromatic carbocycles. The number of rotatable bonds is 14. The van der Waals surface area contributed by atoms with Crippen LogP contribution in [0.4, 0.5) is 0 Å². The van der Waals surface area contributed by atoms with E-state index in [0.29, 0.717) is 12.8 Å². The standard InChI is InChI=1S/C28H46O7/c1-11-15-19(29)27(13-3,21(31)17-25(5,6)7)23(33)35-24(34)28(14-4,20(30)16-12-2)22(32)18-26(8,9)10/h11-18H2,1-10H3. The molecule has 35 heavy (non-hydrogen) atoms. The van der Waals surface area contributed by atoms with Gasteiger partial charge >= 0.3 is 11.9 Å². The fraction of sp³-hybridized carbons (Fsp3) is 0.786. The fourth-order valence-electron chi connectivity index (χ4n) is 4.25. The van der Waals surface area contributed by atoms with E-state index in [9.17, 15) is 28.8 Å². The first-order chi connectivity index (χ1) is 15.9. The number of hydrogen-bond donors (Lipinski definition) is 0. The summed E-state index contributed by atoms with van der Waals surface area (Å²) in [5.74, 6) is -5.04. The van der Waals surface area contributed by atoms with Crippen LogP contribution in [0.15, 0.2) is 0 Å². The van der Waals surface area contributed by atoms with E-state index in [1.807, 2.05) is 41.5 Å². The number of ketones is 4. The minimum Gasteiger partial charge on any atom is -0.391 e. The van der Waals surface area contributed by atoms with E-state index in [-0.39, 0.29) is 38.5 Å². The summed E-state index contributed by atoms with van der Waals surface area (Å²) in [5, 5.41) is 0. The smallest absolute Gasteiger partial charge is 0.334 e. The summed E-state index contributed by atoms with van der Waals surface area (Å²) >= 11 is 0. The average Bonchev–Trinajstić information content (AvgIpc) is 2.67. The van der Waals surface area contributed by atoms with E-state index < -0.39 is 56.7 Å². The van der Waals surface area contributed by atoms with Crippen LogP contribution >= 0.6 is 0 Å². The van der Waals surface area contributed by atoms with Crippen LogP contribution in [0.5, 0.6) is 0 Å². The average molecular weight is 495 g/mol. The lowest BCUT2D eigenvalue weighted by molar-refractivity contribution is -0.178. The molecule has 0 aromatic rings. The van der Waals surface area contributed by atoms with Crippen molar-refractivity contribution < 1.29 is 33.5 Å². The molecular weight excluding hydrogens is 448 g/mol. The molecule has 2 atom stereocenters. The second-order valence-electron chi connectivity index (χ2n) is 11.9. The topological polar surface area (TPSA) is 112 Å². The molecule has 0 aliphatic heterocycles. The molecule has 0 bridgehead atoms. The molecule has 0 aromatic heterocycles. The second-order valence-corrected chi connectivity index (χ2v) is 11.9. The predicted molar refractivity (Wildman–Crippen MR) is 135 cm³/mol. The maximum absolute atomic E-state index is 13.5. The van der Waals surface area contributed by atoms with Gasteiger partial charge in [0.25, 0.3) is 0 Å². The molecule has 0 fully saturated rings. The highest BCUT2D eigenvalue weighted by atomic mass is 16.6. The Labute approximate surface area is 211 Å². The number of Topliss-reactive ketones (excluding diaryl/α,β-unsaturated/α-hetero) is 4. The monoisotopic (exact) mass is 494 g/mol. The number of carbonyl (C=O) groups is 6. The van der Waals surface area contributed by atoms with E-state index in [1.54, 1.807) is 13.8 Å². The largest absolute Gasteiger partial charge is 0.391 e. The van der Waals surface area contributed by atoms with Crippen molar-refractivity contribution in [3.8, 4) is 0 Å². The first-order valence-electron chi connectivity index (χ1n) is 12.8. The maximum atomic E-state index is 13.5. The molecule has 200 valence electrons. The summed E-state index contributed by atoms with van der Waals surface area (Å²) in [4.78, 5) is 80.0. The molecule has 0 saturated heterocycles. The summed E-state index contributed by atoms with van der Waals surface area (Å²) in [6.07, 6.45) is 0.237. The Morgan fingerprint density at radius 3 is 1.00 bits per heavy atom. The number of hydrogen-bond acceptors (Lipinski definition) is 7. The van der Waals surface area contributed by atoms with E-state index in [0.717, 1.165) is 0 Å². The molecule has 7 nitrogen and oxygen atoms in total. The van der Waals surface area contributed by atoms with Gasteiger partial charge < -0.3 is 4.74 Å². The van der Waals surface area contributed by atoms with Gasteiger partial charge in [0, 0.05) is 25.7 Å². The van der Waals surface area contributed by atoms with E-state index in [4.69, 9.17) is 4.74 Å². The number of ether oxygens (including phenoxy) is 1. The first-order valence-corrected chi connectivity index (χ1v) is 12.8. The Hall–Kier alpha value is -2.18. The van der Waals surface area contributed by atoms with E-state index >= 15 is 0 Å². The van der Waals surface area contributed by atoms with Gasteiger partial charge in [0.2, 0.25) is 0 Å². The minimum absolute atomic E-state index is 0.0380. The molecule has 0 aliphatic rings. The zero-order chi connectivity index (χ0) is 27.8. The van der Waals surface area contributed by atoms with Crippen molar-refractivity contribution in [2.24, 2.45) is 21.7 Å². The quantitative estimate of drug-likeness (QED) is 0.228. The van der Waals surface area contributed by atoms with Gasteiger partial charge in [-0.15, -0.1) is 0 Å². The number of esters is 2. The van der Waals surface area contributed by atoms with Crippen LogP contribution in [0.1, 0.15) is 121 Å². The van der Waals surface area contributed by atoms with E-state index in [1.165, 1.54) is 13.8 Å². The molecule has 0 amide bonds. The molecule has 2 unspecified atom stereocenters. The highest BCUT2D eigenvalue weighted by Crippen LogP contribution is 2.38. The van der Waals surface area contributed by atoms with Gasteiger partial charge in [0.1, 0.15) is 0 Å². The van der Waals surface area contributed by atoms with Crippen LogP contribution in [-0.2, 0) is 33.5 Å². The molecule has 0 heterocycles. The first kappa shape index (κ1) is 32.8. The lowest BCUT2D eigenvalue weighted by Crippen LogP contribution is -2.53. The van der Waals surface area contributed by atoms with Crippen molar-refractivity contribution in [1.82, 2.24) is 0 Å². The van der Waals surface area contributed by atoms with Crippen molar-refractivity contribution in [2.75, 3.05) is 0 Å². The zero-order valence-electron chi connectivity index (χ0n) is 23.5. The predicted octanol–water partition coefficient (Wildman–Crippen LogP) is 5.60. The Balaban J connectivity index is 6.63. The van der Waals surface area contributed by atoms with Crippen molar-refractivity contribution in [3.63, 3.8) is 0 Å². The second kappa shape index (κ2) is 12.7. The molecule has 0 aliphatic carbocycles. The third kappa shape index (κ3) is 7.91. The van der Waals surface area contributed by atoms with Crippen molar-refractivity contribution in [3.05, 3.63) is 0 Å². The van der Waals surface area contributed by atoms with Crippen LogP contribution < -0.4 is 0 Å². The van der Waals surface area contributed by atoms with Crippen LogP contribution in [-0.4, -0.2) is 35.1 Å². The Kier molecular flexibility index (Phi) is 11.9. The fourth-order valence-corrected chi connectivity index (χ4v) is 4.25. The summed E-state index contributed by atoms with van der Waals surface area (Å²) in [7, 11) is 0. The Bertz CT molecular complexity index is 757. The molecule has 0 rings (SSSR count). The summed E-state index contributed by atoms with van der Waals surface area (Å²) in [5.41, 5.74) is -5.33. The molecular formula is C28H46O7. The van der Waals surface area contributed by atoms with Gasteiger partial charge in [0.15, 0.2) is 34.0 Å². The summed E-state index contributed by atoms with van der Waals surface area (Å²) < 4.78 is 5.21. The molecule has 7 heteroatoms. The van der Waals surface area contributed by atoms with Crippen LogP contribution in [0, 0.1) is 21.7 Å². The highest BCUT2D eigenvalue weighted by Gasteiger charge is 2.57. The lowest BCUT2D eigenvalue weighted by atomic mass is 9.70. The van der Waals surface area contributed by atoms with Crippen LogP contribution in [0.3, 0.4) is 0 Å². The van der Waals surface area contributed by atoms with Gasteiger partial charge in [-0.2, -0.15) is 0 Å². The van der Waals surface area contributed by atoms with Gasteiger partial charge in [-0.25, -0.2) is 9.59 Å². The maximum Gasteiger partial charge on any atom is 0.334 e. The van der Waals surface area contributed by atoms with Crippen LogP contribution in [0.2, 0.25) is 0 Å². The minimum atomic E-state index is -2.15. The Morgan fingerprint density at radius 2 is 0.800 bits per heavy atom. The number of carbonyl (C=O) groups excluding carboxylic acids is 6. The van der Waals surface area contributed by atoms with E-state index in [2.05, 4.69) is 0 Å². The lowest BCUT2D eigenvalue weighted by Gasteiger charge is -2.33. The molecule has 0 radical (unpaired) electrons. The third-order valence-electron chi connectivity index (χ3n) is 6.18. The van der Waals surface area contributed by atoms with Gasteiger partial charge in [-0.1, -0.05) is 69.2 Å². The van der Waals surface area contributed by atoms with Crippen molar-refractivity contribution in [1.29, 1.82) is 0 Å². The Morgan fingerprint density at radius 1 is 0.514 bits per heavy atom. The van der Waals surface area contributed by atoms with Crippen molar-refractivity contribution in [2.45, 2.75) is 121 Å². The SMILES string of the molecule is CCCC(=O)C(CC)(C(=O)CC(C)(C)C)C(=O)OC(=O)C(CC)(C(=O)CCC)C(=O)CC(C)(C)C. The van der Waals surface area contributed by atoms with Gasteiger partial charge in [-0.3, -0.25) is 19.2 Å². The third-order valence-corrected chi connectivity index (χ3v) is 6.18. The summed E-state index contributed by atoms with van der Waals surface area (Å²) in [6.45, 7) is 17.4. The molecule has 0 spiro atoms. The highest BCUT2D eigenvalue weighted by molar-refractivity contribution is 6.27. The van der Waals surface area contributed by atoms with Gasteiger partial charge in [0.05, 0.1) is 0 Å². The zero-order valence-corrected chi connectivity index (χ0v) is 23.5.